The van der Waals surface area contributed by atoms with E-state index in [1.54, 1.807) is 7.11 Å². The van der Waals surface area contributed by atoms with Gasteiger partial charge in [0, 0.05) is 12.2 Å². The van der Waals surface area contributed by atoms with Crippen LogP contribution in [0.1, 0.15) is 42.9 Å². The van der Waals surface area contributed by atoms with Gasteiger partial charge in [0.2, 0.25) is 0 Å². The molecule has 0 saturated heterocycles. The summed E-state index contributed by atoms with van der Waals surface area (Å²) in [7, 11) is 3.18. The molecular formula is C27H37NO5. The van der Waals surface area contributed by atoms with Crippen LogP contribution in [0.25, 0.3) is 0 Å². The summed E-state index contributed by atoms with van der Waals surface area (Å²) in [5, 5.41) is 4.10. The predicted molar refractivity (Wildman–Crippen MR) is 133 cm³/mol. The summed E-state index contributed by atoms with van der Waals surface area (Å²) in [6.45, 7) is 8.40. The largest absolute Gasteiger partial charge is 0.497 e. The number of hydrogen-bond donors (Lipinski definition) is 0. The smallest absolute Gasteiger partial charge is 0.125 e. The second-order valence-electron chi connectivity index (χ2n) is 7.68. The summed E-state index contributed by atoms with van der Waals surface area (Å²) in [6.07, 6.45) is 6.92. The van der Waals surface area contributed by atoms with E-state index in [0.717, 1.165) is 58.9 Å². The molecule has 0 amide bonds. The molecule has 0 spiro atoms. The number of allylic oxidation sites excluding steroid dienone is 1. The molecule has 0 bridgehead atoms. The lowest BCUT2D eigenvalue weighted by Crippen LogP contribution is -2.12. The minimum Gasteiger partial charge on any atom is -0.497 e. The van der Waals surface area contributed by atoms with Crippen molar-refractivity contribution in [1.29, 1.82) is 0 Å². The Morgan fingerprint density at radius 1 is 0.909 bits per heavy atom. The molecule has 0 aliphatic heterocycles. The Morgan fingerprint density at radius 2 is 1.67 bits per heavy atom. The van der Waals surface area contributed by atoms with Crippen LogP contribution in [0.4, 0.5) is 0 Å². The van der Waals surface area contributed by atoms with Gasteiger partial charge in [-0.15, -0.1) is 0 Å². The van der Waals surface area contributed by atoms with Gasteiger partial charge in [0.15, 0.2) is 0 Å². The molecule has 6 heteroatoms. The van der Waals surface area contributed by atoms with E-state index in [-0.39, 0.29) is 0 Å². The normalized spacial score (nSPS) is 11.6. The van der Waals surface area contributed by atoms with Crippen LogP contribution in [0, 0.1) is 13.8 Å². The van der Waals surface area contributed by atoms with E-state index in [4.69, 9.17) is 23.8 Å². The topological polar surface area (TPSA) is 58.5 Å². The molecule has 0 atom stereocenters. The molecular weight excluding hydrogens is 418 g/mol. The van der Waals surface area contributed by atoms with Gasteiger partial charge in [-0.1, -0.05) is 29.4 Å². The number of unbranched alkanes of at least 4 members (excludes halogenated alkanes) is 2. The lowest BCUT2D eigenvalue weighted by Gasteiger charge is -2.14. The first-order valence-electron chi connectivity index (χ1n) is 11.4. The molecule has 0 aromatic heterocycles. The zero-order chi connectivity index (χ0) is 23.9. The first kappa shape index (κ1) is 26.3. The highest BCUT2D eigenvalue weighted by atomic mass is 16.6. The van der Waals surface area contributed by atoms with Gasteiger partial charge in [-0.05, 0) is 75.4 Å². The van der Waals surface area contributed by atoms with Gasteiger partial charge in [-0.2, -0.15) is 0 Å². The Morgan fingerprint density at radius 3 is 2.36 bits per heavy atom. The van der Waals surface area contributed by atoms with E-state index < -0.39 is 0 Å². The molecule has 0 saturated carbocycles. The van der Waals surface area contributed by atoms with Gasteiger partial charge in [0.05, 0.1) is 20.3 Å². The molecule has 0 aliphatic carbocycles. The fourth-order valence-electron chi connectivity index (χ4n) is 3.36. The zero-order valence-corrected chi connectivity index (χ0v) is 20.6. The molecule has 0 unspecified atom stereocenters. The first-order valence-corrected chi connectivity index (χ1v) is 11.4. The van der Waals surface area contributed by atoms with Crippen LogP contribution in [0.5, 0.6) is 17.2 Å². The van der Waals surface area contributed by atoms with Crippen LogP contribution in [0.15, 0.2) is 53.7 Å². The second kappa shape index (κ2) is 15.0. The van der Waals surface area contributed by atoms with E-state index >= 15 is 0 Å². The third-order valence-corrected chi connectivity index (χ3v) is 5.04. The van der Waals surface area contributed by atoms with Gasteiger partial charge in [-0.25, -0.2) is 0 Å². The molecule has 6 nitrogen and oxygen atoms in total. The summed E-state index contributed by atoms with van der Waals surface area (Å²) >= 11 is 0. The maximum absolute atomic E-state index is 6.05. The molecule has 0 aliphatic rings. The molecule has 0 N–H and O–H groups in total. The highest BCUT2D eigenvalue weighted by molar-refractivity contribution is 6.01. The maximum atomic E-state index is 6.05. The molecule has 0 heterocycles. The van der Waals surface area contributed by atoms with Crippen molar-refractivity contribution in [3.8, 4) is 17.2 Å². The van der Waals surface area contributed by atoms with Crippen molar-refractivity contribution < 1.29 is 23.8 Å². The van der Waals surface area contributed by atoms with Gasteiger partial charge in [-0.3, -0.25) is 0 Å². The lowest BCUT2D eigenvalue weighted by atomic mass is 10.1. The second-order valence-corrected chi connectivity index (χ2v) is 7.68. The van der Waals surface area contributed by atoms with Crippen LogP contribution in [-0.2, 0) is 9.57 Å². The van der Waals surface area contributed by atoms with Crippen LogP contribution in [0.3, 0.4) is 0 Å². The number of benzene rings is 2. The highest BCUT2D eigenvalue weighted by Gasteiger charge is 2.08. The van der Waals surface area contributed by atoms with E-state index in [9.17, 15) is 0 Å². The standard InChI is InChI=1S/C27H37NO5/c1-6-7-15-32-25-17-21(2)27(22(3)18-25)33-16-10-8-9-14-31-20-26(28-30-5)23-12-11-13-24(19-23)29-4/h6-7,11-13,17-19H,8-10,14-16,20H2,1-5H3/b7-6+,28-26-. The summed E-state index contributed by atoms with van der Waals surface area (Å²) in [6, 6.07) is 11.8. The van der Waals surface area contributed by atoms with Crippen LogP contribution < -0.4 is 14.2 Å². The number of rotatable bonds is 15. The summed E-state index contributed by atoms with van der Waals surface area (Å²) < 4.78 is 22.9. The van der Waals surface area contributed by atoms with E-state index in [0.29, 0.717) is 26.4 Å². The quantitative estimate of drug-likeness (QED) is 0.145. The summed E-state index contributed by atoms with van der Waals surface area (Å²) in [5.41, 5.74) is 3.85. The van der Waals surface area contributed by atoms with E-state index in [2.05, 4.69) is 19.0 Å². The van der Waals surface area contributed by atoms with Crippen molar-refractivity contribution in [3.05, 3.63) is 65.2 Å². The van der Waals surface area contributed by atoms with Gasteiger partial charge < -0.3 is 23.8 Å². The predicted octanol–water partition coefficient (Wildman–Crippen LogP) is 5.88. The molecule has 2 aromatic carbocycles. The maximum Gasteiger partial charge on any atom is 0.125 e. The van der Waals surface area contributed by atoms with Gasteiger partial charge >= 0.3 is 0 Å². The molecule has 0 radical (unpaired) electrons. The first-order chi connectivity index (χ1) is 16.1. The SMILES string of the molecule is C/C=C/COc1cc(C)c(OCCCCCOC/C(=N/OC)c2cccc(OC)c2)c(C)c1. The van der Waals surface area contributed by atoms with Gasteiger partial charge in [0.1, 0.15) is 36.7 Å². The van der Waals surface area contributed by atoms with Crippen LogP contribution >= 0.6 is 0 Å². The van der Waals surface area contributed by atoms with Crippen molar-refractivity contribution in [2.75, 3.05) is 40.6 Å². The van der Waals surface area contributed by atoms with Crippen LogP contribution in [-0.4, -0.2) is 46.4 Å². The third-order valence-electron chi connectivity index (χ3n) is 5.04. The highest BCUT2D eigenvalue weighted by Crippen LogP contribution is 2.28. The zero-order valence-electron chi connectivity index (χ0n) is 20.6. The summed E-state index contributed by atoms with van der Waals surface area (Å²) in [5.74, 6) is 2.60. The van der Waals surface area contributed by atoms with Gasteiger partial charge in [0.25, 0.3) is 0 Å². The van der Waals surface area contributed by atoms with Crippen LogP contribution in [0.2, 0.25) is 0 Å². The fourth-order valence-corrected chi connectivity index (χ4v) is 3.36. The van der Waals surface area contributed by atoms with E-state index in [1.807, 2.05) is 55.5 Å². The Labute approximate surface area is 198 Å². The Hall–Kier alpha value is -2.99. The number of oxime groups is 1. The lowest BCUT2D eigenvalue weighted by molar-refractivity contribution is 0.157. The molecule has 2 aromatic rings. The number of ether oxygens (including phenoxy) is 4. The Balaban J connectivity index is 1.68. The number of hydrogen-bond acceptors (Lipinski definition) is 6. The molecule has 2 rings (SSSR count). The number of methoxy groups -OCH3 is 1. The minimum atomic E-state index is 0.387. The third kappa shape index (κ3) is 9.18. The Kier molecular flexibility index (Phi) is 11.9. The Bertz CT molecular complexity index is 884. The van der Waals surface area contributed by atoms with Crippen molar-refractivity contribution in [1.82, 2.24) is 0 Å². The van der Waals surface area contributed by atoms with Crippen molar-refractivity contribution in [2.24, 2.45) is 5.16 Å². The molecule has 33 heavy (non-hydrogen) atoms. The minimum absolute atomic E-state index is 0.387. The van der Waals surface area contributed by atoms with Crippen molar-refractivity contribution >= 4 is 5.71 Å². The average molecular weight is 456 g/mol. The fraction of sp³-hybridized carbons (Fsp3) is 0.444. The number of nitrogens with zero attached hydrogens (tertiary/aromatic N) is 1. The van der Waals surface area contributed by atoms with Crippen molar-refractivity contribution in [3.63, 3.8) is 0 Å². The number of aryl methyl sites for hydroxylation is 2. The summed E-state index contributed by atoms with van der Waals surface area (Å²) in [4.78, 5) is 4.97. The van der Waals surface area contributed by atoms with Crippen molar-refractivity contribution in [2.45, 2.75) is 40.0 Å². The molecule has 0 fully saturated rings. The molecule has 180 valence electrons. The average Bonchev–Trinajstić information content (AvgIpc) is 2.81. The monoisotopic (exact) mass is 455 g/mol. The van der Waals surface area contributed by atoms with E-state index in [1.165, 1.54) is 7.11 Å².